The molecule has 0 atom stereocenters. The van der Waals surface area contributed by atoms with E-state index >= 15 is 0 Å². The van der Waals surface area contributed by atoms with Crippen molar-refractivity contribution >= 4 is 4.61 Å². The standard InChI is InChI=1S/C11H20N2.C11H22N2.Pd/c1-10(2,3)12-7-8-13(9-12)11(4,5)6;1-10(2,3)12-8-9-13(7)11(4,5)6;/h7-8H,1-6H3;7-9,12H,1-6H3;/b;9-8-;. The average molecular weight is 469 g/mol. The van der Waals surface area contributed by atoms with E-state index in [0.29, 0.717) is 17.1 Å². The third-order valence-electron chi connectivity index (χ3n) is 3.91. The van der Waals surface area contributed by atoms with E-state index < -0.39 is 0 Å². The van der Waals surface area contributed by atoms with Crippen LogP contribution in [0.5, 0.6) is 0 Å². The number of aromatic nitrogens is 2. The van der Waals surface area contributed by atoms with Gasteiger partial charge < -0.3 is 0 Å². The van der Waals surface area contributed by atoms with Gasteiger partial charge in [-0.25, -0.2) is 0 Å². The van der Waals surface area contributed by atoms with Gasteiger partial charge in [-0.1, -0.05) is 0 Å². The maximum absolute atomic E-state index is 3.44. The van der Waals surface area contributed by atoms with E-state index in [1.165, 1.54) is 3.89 Å². The number of imidazole rings is 1. The van der Waals surface area contributed by atoms with Crippen LogP contribution < -0.4 is 5.32 Å². The van der Waals surface area contributed by atoms with Gasteiger partial charge in [-0.2, -0.15) is 0 Å². The van der Waals surface area contributed by atoms with Crippen LogP contribution >= 0.6 is 0 Å². The van der Waals surface area contributed by atoms with Crippen LogP contribution in [0.4, 0.5) is 0 Å². The van der Waals surface area contributed by atoms with Gasteiger partial charge in [0, 0.05) is 0 Å². The van der Waals surface area contributed by atoms with Crippen LogP contribution in [0.1, 0.15) is 83.1 Å². The Morgan fingerprint density at radius 2 is 1.26 bits per heavy atom. The number of nitrogens with one attached hydrogen (secondary N) is 1. The summed E-state index contributed by atoms with van der Waals surface area (Å²) in [5.74, 6) is 0. The number of hydrogen-bond donors (Lipinski definition) is 1. The van der Waals surface area contributed by atoms with Crippen molar-refractivity contribution in [1.82, 2.24) is 19.4 Å². The van der Waals surface area contributed by atoms with Crippen LogP contribution in [-0.4, -0.2) is 29.7 Å². The Labute approximate surface area is 174 Å². The fourth-order valence-electron chi connectivity index (χ4n) is 2.23. The van der Waals surface area contributed by atoms with Crippen molar-refractivity contribution in [3.63, 3.8) is 0 Å². The molecule has 0 bridgehead atoms. The van der Waals surface area contributed by atoms with E-state index in [1.54, 1.807) is 0 Å². The molecule has 0 aliphatic rings. The molecule has 1 heterocycles. The van der Waals surface area contributed by atoms with Crippen LogP contribution in [0.15, 0.2) is 24.8 Å². The van der Waals surface area contributed by atoms with E-state index in [2.05, 4.69) is 132 Å². The second-order valence-electron chi connectivity index (χ2n) is 11.1. The molecule has 0 aliphatic carbocycles. The molecule has 0 radical (unpaired) electrons. The van der Waals surface area contributed by atoms with E-state index in [-0.39, 0.29) is 22.2 Å². The molecule has 1 aromatic heterocycles. The first-order valence-corrected chi connectivity index (χ1v) is 11.4. The molecule has 0 fully saturated rings. The van der Waals surface area contributed by atoms with Crippen molar-refractivity contribution in [3.8, 4) is 0 Å². The van der Waals surface area contributed by atoms with Crippen molar-refractivity contribution in [2.24, 2.45) is 0 Å². The summed E-state index contributed by atoms with van der Waals surface area (Å²) < 4.78 is 8.56. The SMILES string of the molecule is CC(C)(C)N/C=C\N([CH]=[Pd]=[c]1n(C(C)(C)C)ccn1C(C)(C)C)C(C)(C)C. The molecule has 4 nitrogen and oxygen atoms in total. The Morgan fingerprint density at radius 1 is 0.815 bits per heavy atom. The van der Waals surface area contributed by atoms with Crippen LogP contribution in [0.3, 0.4) is 0 Å². The van der Waals surface area contributed by atoms with Gasteiger partial charge in [-0.3, -0.25) is 0 Å². The number of rotatable bonds is 3. The van der Waals surface area contributed by atoms with Gasteiger partial charge in [-0.05, 0) is 0 Å². The minimum absolute atomic E-state index is 0.0282. The minimum atomic E-state index is 0.0282. The van der Waals surface area contributed by atoms with Crippen LogP contribution in [0, 0.1) is 3.89 Å². The molecule has 0 amide bonds. The fraction of sp³-hybridized carbons (Fsp3) is 0.727. The Bertz CT molecular complexity index is 712. The average Bonchev–Trinajstić information content (AvgIpc) is 2.83. The molecule has 0 saturated heterocycles. The zero-order valence-corrected chi connectivity index (χ0v) is 21.1. The predicted molar refractivity (Wildman–Crippen MR) is 115 cm³/mol. The first kappa shape index (κ1) is 24.1. The number of nitrogens with zero attached hydrogens (tertiary/aromatic N) is 3. The van der Waals surface area contributed by atoms with Gasteiger partial charge in [0.05, 0.1) is 0 Å². The second kappa shape index (κ2) is 8.21. The van der Waals surface area contributed by atoms with Gasteiger partial charge in [0.1, 0.15) is 0 Å². The fourth-order valence-corrected chi connectivity index (χ4v) is 5.07. The van der Waals surface area contributed by atoms with Crippen molar-refractivity contribution in [2.45, 2.75) is 105 Å². The number of hydrogen-bond acceptors (Lipinski definition) is 2. The summed E-state index contributed by atoms with van der Waals surface area (Å²) in [7, 11) is 0. The molecule has 27 heavy (non-hydrogen) atoms. The van der Waals surface area contributed by atoms with Crippen LogP contribution in [-0.2, 0) is 28.1 Å². The Morgan fingerprint density at radius 3 is 1.59 bits per heavy atom. The summed E-state index contributed by atoms with van der Waals surface area (Å²) in [5.41, 5.74) is 0.226. The Balaban J connectivity index is 3.55. The summed E-state index contributed by atoms with van der Waals surface area (Å²) in [5, 5.41) is 3.44. The molecular weight excluding hydrogens is 427 g/mol. The Hall–Kier alpha value is -0.918. The van der Waals surface area contributed by atoms with Crippen molar-refractivity contribution in [1.29, 1.82) is 0 Å². The topological polar surface area (TPSA) is 25.1 Å². The zero-order valence-electron chi connectivity index (χ0n) is 19.5. The van der Waals surface area contributed by atoms with Gasteiger partial charge >= 0.3 is 175 Å². The monoisotopic (exact) mass is 468 g/mol. The molecule has 0 unspecified atom stereocenters. The molecule has 0 spiro atoms. The van der Waals surface area contributed by atoms with E-state index in [9.17, 15) is 0 Å². The molecule has 160 valence electrons. The first-order valence-electron chi connectivity index (χ1n) is 9.70. The van der Waals surface area contributed by atoms with Gasteiger partial charge in [0.15, 0.2) is 0 Å². The van der Waals surface area contributed by atoms with Crippen LogP contribution in [0.2, 0.25) is 0 Å². The zero-order chi connectivity index (χ0) is 21.3. The van der Waals surface area contributed by atoms with Crippen LogP contribution in [0.25, 0.3) is 0 Å². The quantitative estimate of drug-likeness (QED) is 0.622. The van der Waals surface area contributed by atoms with Crippen molar-refractivity contribution in [2.75, 3.05) is 0 Å². The molecule has 0 saturated carbocycles. The summed E-state index contributed by atoms with van der Waals surface area (Å²) in [6.07, 6.45) is 8.68. The summed E-state index contributed by atoms with van der Waals surface area (Å²) in [4.78, 5) is 2.33. The summed E-state index contributed by atoms with van der Waals surface area (Å²) in [6.45, 7) is 26.9. The third kappa shape index (κ3) is 7.55. The molecule has 1 rings (SSSR count). The molecule has 0 aromatic carbocycles. The van der Waals surface area contributed by atoms with E-state index in [1.807, 2.05) is 0 Å². The van der Waals surface area contributed by atoms with Crippen molar-refractivity contribution < 1.29 is 17.1 Å². The first-order chi connectivity index (χ1) is 11.9. The summed E-state index contributed by atoms with van der Waals surface area (Å²) in [6, 6.07) is 0. The second-order valence-corrected chi connectivity index (χ2v) is 12.6. The summed E-state index contributed by atoms with van der Waals surface area (Å²) >= 11 is 0.333. The molecule has 0 aliphatic heterocycles. The van der Waals surface area contributed by atoms with E-state index in [4.69, 9.17) is 0 Å². The normalized spacial score (nSPS) is 14.1. The van der Waals surface area contributed by atoms with Gasteiger partial charge in [-0.15, -0.1) is 0 Å². The van der Waals surface area contributed by atoms with Gasteiger partial charge in [0.25, 0.3) is 0 Å². The Kier molecular flexibility index (Phi) is 7.34. The molecular formula is C22H42N4Pd. The predicted octanol–water partition coefficient (Wildman–Crippen LogP) is 5.13. The molecule has 5 heteroatoms. The third-order valence-corrected chi connectivity index (χ3v) is 5.70. The van der Waals surface area contributed by atoms with Gasteiger partial charge in [0.2, 0.25) is 0 Å². The van der Waals surface area contributed by atoms with Crippen molar-refractivity contribution in [3.05, 3.63) is 28.7 Å². The maximum atomic E-state index is 3.44. The molecule has 1 N–H and O–H groups in total. The van der Waals surface area contributed by atoms with E-state index in [0.717, 1.165) is 0 Å². The molecule has 1 aromatic rings.